The highest BCUT2D eigenvalue weighted by molar-refractivity contribution is 5.93. The quantitative estimate of drug-likeness (QED) is 0.463. The number of nitrogens with zero attached hydrogens (tertiary/aromatic N) is 2. The van der Waals surface area contributed by atoms with E-state index in [4.69, 9.17) is 4.74 Å². The molecule has 0 aliphatic carbocycles. The molecule has 0 bridgehead atoms. The standard InChI is InChI=1S/C24H20N4O2/c29-24(27-17-18-7-6-13-25-16-18)22-15-19(12-14-26-22)28-21-10-4-5-11-23(21)30-20-8-2-1-3-9-20/h1-16H,17H2,(H,26,28)(H,27,29). The van der Waals surface area contributed by atoms with Gasteiger partial charge in [-0.2, -0.15) is 0 Å². The molecule has 0 radical (unpaired) electrons. The summed E-state index contributed by atoms with van der Waals surface area (Å²) in [5.41, 5.74) is 2.77. The van der Waals surface area contributed by atoms with Crippen molar-refractivity contribution in [2.24, 2.45) is 0 Å². The number of anilines is 2. The molecule has 0 saturated carbocycles. The molecule has 2 N–H and O–H groups in total. The van der Waals surface area contributed by atoms with Crippen molar-refractivity contribution in [2.75, 3.05) is 5.32 Å². The molecule has 0 unspecified atom stereocenters. The maximum Gasteiger partial charge on any atom is 0.270 e. The Hall–Kier alpha value is -4.19. The van der Waals surface area contributed by atoms with Crippen molar-refractivity contribution in [1.29, 1.82) is 0 Å². The number of carbonyl (C=O) groups is 1. The number of ether oxygens (including phenoxy) is 1. The third-order valence-electron chi connectivity index (χ3n) is 4.31. The summed E-state index contributed by atoms with van der Waals surface area (Å²) in [6.45, 7) is 0.389. The van der Waals surface area contributed by atoms with Crippen LogP contribution in [0.3, 0.4) is 0 Å². The van der Waals surface area contributed by atoms with E-state index in [1.165, 1.54) is 0 Å². The SMILES string of the molecule is O=C(NCc1cccnc1)c1cc(Nc2ccccc2Oc2ccccc2)ccn1. The summed E-state index contributed by atoms with van der Waals surface area (Å²) in [7, 11) is 0. The lowest BCUT2D eigenvalue weighted by atomic mass is 10.2. The fourth-order valence-corrected chi connectivity index (χ4v) is 2.84. The number of nitrogens with one attached hydrogen (secondary N) is 2. The van der Waals surface area contributed by atoms with Gasteiger partial charge in [0.05, 0.1) is 5.69 Å². The predicted molar refractivity (Wildman–Crippen MR) is 116 cm³/mol. The second kappa shape index (κ2) is 9.34. The zero-order chi connectivity index (χ0) is 20.6. The van der Waals surface area contributed by atoms with Crippen molar-refractivity contribution < 1.29 is 9.53 Å². The van der Waals surface area contributed by atoms with Crippen LogP contribution < -0.4 is 15.4 Å². The summed E-state index contributed by atoms with van der Waals surface area (Å²) >= 11 is 0. The molecule has 4 rings (SSSR count). The summed E-state index contributed by atoms with van der Waals surface area (Å²) in [6, 6.07) is 24.5. The van der Waals surface area contributed by atoms with E-state index in [1.54, 1.807) is 30.7 Å². The Labute approximate surface area is 174 Å². The van der Waals surface area contributed by atoms with E-state index in [1.807, 2.05) is 66.7 Å². The first-order valence-electron chi connectivity index (χ1n) is 9.50. The van der Waals surface area contributed by atoms with E-state index in [0.717, 1.165) is 22.7 Å². The smallest absolute Gasteiger partial charge is 0.270 e. The molecule has 0 fully saturated rings. The average molecular weight is 396 g/mol. The van der Waals surface area contributed by atoms with Crippen molar-refractivity contribution in [3.63, 3.8) is 0 Å². The van der Waals surface area contributed by atoms with E-state index in [0.29, 0.717) is 18.0 Å². The minimum absolute atomic E-state index is 0.253. The van der Waals surface area contributed by atoms with Crippen LogP contribution in [0.5, 0.6) is 11.5 Å². The zero-order valence-corrected chi connectivity index (χ0v) is 16.2. The van der Waals surface area contributed by atoms with Gasteiger partial charge in [0.2, 0.25) is 0 Å². The van der Waals surface area contributed by atoms with Gasteiger partial charge in [0.25, 0.3) is 5.91 Å². The largest absolute Gasteiger partial charge is 0.455 e. The van der Waals surface area contributed by atoms with Crippen LogP contribution >= 0.6 is 0 Å². The van der Waals surface area contributed by atoms with Gasteiger partial charge >= 0.3 is 0 Å². The van der Waals surface area contributed by atoms with Crippen molar-refractivity contribution in [3.8, 4) is 11.5 Å². The van der Waals surface area contributed by atoms with Gasteiger partial charge in [0.15, 0.2) is 5.75 Å². The molecule has 0 saturated heterocycles. The van der Waals surface area contributed by atoms with E-state index in [-0.39, 0.29) is 5.91 Å². The third-order valence-corrected chi connectivity index (χ3v) is 4.31. The number of para-hydroxylation sites is 3. The van der Waals surface area contributed by atoms with Gasteiger partial charge in [-0.25, -0.2) is 0 Å². The number of amides is 1. The molecule has 2 aromatic heterocycles. The van der Waals surface area contributed by atoms with Gasteiger partial charge in [-0.15, -0.1) is 0 Å². The molecule has 2 heterocycles. The van der Waals surface area contributed by atoms with Gasteiger partial charge in [0, 0.05) is 30.8 Å². The lowest BCUT2D eigenvalue weighted by Gasteiger charge is -2.13. The van der Waals surface area contributed by atoms with Gasteiger partial charge in [-0.1, -0.05) is 36.4 Å². The molecule has 30 heavy (non-hydrogen) atoms. The van der Waals surface area contributed by atoms with Crippen molar-refractivity contribution in [2.45, 2.75) is 6.54 Å². The number of carbonyl (C=O) groups excluding carboxylic acids is 1. The Morgan fingerprint density at radius 1 is 0.900 bits per heavy atom. The molecule has 148 valence electrons. The topological polar surface area (TPSA) is 76.1 Å². The molecule has 0 aliphatic heterocycles. The van der Waals surface area contributed by atoms with Crippen molar-refractivity contribution in [1.82, 2.24) is 15.3 Å². The van der Waals surface area contributed by atoms with Crippen LogP contribution in [0.4, 0.5) is 11.4 Å². The molecular weight excluding hydrogens is 376 g/mol. The van der Waals surface area contributed by atoms with Crippen molar-refractivity contribution >= 4 is 17.3 Å². The van der Waals surface area contributed by atoms with Gasteiger partial charge < -0.3 is 15.4 Å². The highest BCUT2D eigenvalue weighted by atomic mass is 16.5. The fraction of sp³-hybridized carbons (Fsp3) is 0.0417. The number of pyridine rings is 2. The first-order chi connectivity index (χ1) is 14.8. The van der Waals surface area contributed by atoms with Crippen LogP contribution in [0.1, 0.15) is 16.1 Å². The second-order valence-corrected chi connectivity index (χ2v) is 6.51. The summed E-state index contributed by atoms with van der Waals surface area (Å²) in [4.78, 5) is 20.7. The monoisotopic (exact) mass is 396 g/mol. The van der Waals surface area contributed by atoms with Gasteiger partial charge in [-0.3, -0.25) is 14.8 Å². The predicted octanol–water partition coefficient (Wildman–Crippen LogP) is 4.94. The maximum atomic E-state index is 12.5. The minimum atomic E-state index is -0.253. The van der Waals surface area contributed by atoms with Crippen molar-refractivity contribution in [3.05, 3.63) is 109 Å². The van der Waals surface area contributed by atoms with E-state index < -0.39 is 0 Å². The molecule has 2 aromatic carbocycles. The van der Waals surface area contributed by atoms with Crippen LogP contribution in [0, 0.1) is 0 Å². The van der Waals surface area contributed by atoms with Gasteiger partial charge in [-0.05, 0) is 48.0 Å². The van der Waals surface area contributed by atoms with E-state index >= 15 is 0 Å². The van der Waals surface area contributed by atoms with Crippen LogP contribution in [-0.2, 0) is 6.54 Å². The number of benzene rings is 2. The van der Waals surface area contributed by atoms with Crippen LogP contribution in [0.15, 0.2) is 97.5 Å². The molecule has 6 heteroatoms. The van der Waals surface area contributed by atoms with Gasteiger partial charge in [0.1, 0.15) is 11.4 Å². The Kier molecular flexibility index (Phi) is 5.96. The molecule has 1 amide bonds. The maximum absolute atomic E-state index is 12.5. The minimum Gasteiger partial charge on any atom is -0.455 e. The molecule has 0 atom stereocenters. The molecule has 6 nitrogen and oxygen atoms in total. The highest BCUT2D eigenvalue weighted by Gasteiger charge is 2.10. The molecule has 0 spiro atoms. The first kappa shape index (κ1) is 19.1. The van der Waals surface area contributed by atoms with E-state index in [9.17, 15) is 4.79 Å². The van der Waals surface area contributed by atoms with Crippen LogP contribution in [0.25, 0.3) is 0 Å². The average Bonchev–Trinajstić information content (AvgIpc) is 2.80. The number of hydrogen-bond donors (Lipinski definition) is 2. The summed E-state index contributed by atoms with van der Waals surface area (Å²) in [6.07, 6.45) is 5.01. The summed E-state index contributed by atoms with van der Waals surface area (Å²) < 4.78 is 5.98. The lowest BCUT2D eigenvalue weighted by Crippen LogP contribution is -2.23. The number of rotatable bonds is 7. The molecule has 4 aromatic rings. The van der Waals surface area contributed by atoms with Crippen LogP contribution in [0.2, 0.25) is 0 Å². The first-order valence-corrected chi connectivity index (χ1v) is 9.50. The Balaban J connectivity index is 1.46. The second-order valence-electron chi connectivity index (χ2n) is 6.51. The summed E-state index contributed by atoms with van der Waals surface area (Å²) in [5, 5.41) is 6.16. The normalized spacial score (nSPS) is 10.3. The van der Waals surface area contributed by atoms with E-state index in [2.05, 4.69) is 20.6 Å². The fourth-order valence-electron chi connectivity index (χ4n) is 2.84. The molecule has 0 aliphatic rings. The van der Waals surface area contributed by atoms with Crippen LogP contribution in [-0.4, -0.2) is 15.9 Å². The number of aromatic nitrogens is 2. The summed E-state index contributed by atoms with van der Waals surface area (Å²) in [5.74, 6) is 1.18. The lowest BCUT2D eigenvalue weighted by molar-refractivity contribution is 0.0946. The Morgan fingerprint density at radius 3 is 2.57 bits per heavy atom. The number of hydrogen-bond acceptors (Lipinski definition) is 5. The Bertz CT molecular complexity index is 1120. The highest BCUT2D eigenvalue weighted by Crippen LogP contribution is 2.31. The zero-order valence-electron chi connectivity index (χ0n) is 16.2. The third kappa shape index (κ3) is 4.99. The Morgan fingerprint density at radius 2 is 1.73 bits per heavy atom. The molecular formula is C24H20N4O2.